The first-order valence-corrected chi connectivity index (χ1v) is 6.22. The Bertz CT molecular complexity index is 324. The Balaban J connectivity index is 2.74. The fourth-order valence-electron chi connectivity index (χ4n) is 0.749. The summed E-state index contributed by atoms with van der Waals surface area (Å²) in [6.07, 6.45) is 3.59. The van der Waals surface area contributed by atoms with Crippen LogP contribution in [0.15, 0.2) is 35.6 Å². The van der Waals surface area contributed by atoms with Crippen molar-refractivity contribution in [3.8, 4) is 0 Å². The smallest absolute Gasteiger partial charge is 0.225 e. The van der Waals surface area contributed by atoms with Crippen LogP contribution in [-0.4, -0.2) is 26.5 Å². The summed E-state index contributed by atoms with van der Waals surface area (Å²) in [5.41, 5.74) is 5.56. The van der Waals surface area contributed by atoms with Gasteiger partial charge in [0.15, 0.2) is 10.3 Å². The van der Waals surface area contributed by atoms with E-state index < -0.39 is 0 Å². The van der Waals surface area contributed by atoms with Gasteiger partial charge in [0.1, 0.15) is 0 Å². The van der Waals surface area contributed by atoms with Crippen LogP contribution in [0.5, 0.6) is 0 Å². The Kier molecular flexibility index (Phi) is 5.20. The first-order valence-electron chi connectivity index (χ1n) is 4.25. The van der Waals surface area contributed by atoms with Gasteiger partial charge >= 0.3 is 0 Å². The molecule has 0 saturated carbocycles. The Morgan fingerprint density at radius 2 is 1.47 bits per heavy atom. The second-order valence-electron chi connectivity index (χ2n) is 2.46. The molecule has 80 valence electrons. The second-order valence-corrected chi connectivity index (χ2v) is 4.43. The van der Waals surface area contributed by atoms with Crippen molar-refractivity contribution in [2.75, 3.05) is 17.2 Å². The van der Waals surface area contributed by atoms with Crippen LogP contribution in [-0.2, 0) is 0 Å². The normalized spacial score (nSPS) is 9.87. The molecule has 15 heavy (non-hydrogen) atoms. The van der Waals surface area contributed by atoms with E-state index >= 15 is 0 Å². The van der Waals surface area contributed by atoms with Crippen LogP contribution in [0, 0.1) is 0 Å². The van der Waals surface area contributed by atoms with E-state index in [0.717, 1.165) is 11.5 Å². The van der Waals surface area contributed by atoms with E-state index in [2.05, 4.69) is 28.1 Å². The molecule has 0 fully saturated rings. The number of nitrogens with two attached hydrogens (primary N) is 1. The van der Waals surface area contributed by atoms with Crippen molar-refractivity contribution in [3.05, 3.63) is 25.3 Å². The quantitative estimate of drug-likeness (QED) is 0.606. The molecular formula is C9H12N4S2. The van der Waals surface area contributed by atoms with Gasteiger partial charge in [0.25, 0.3) is 0 Å². The number of anilines is 1. The molecule has 0 saturated heterocycles. The molecule has 1 aromatic heterocycles. The summed E-state index contributed by atoms with van der Waals surface area (Å²) in [4.78, 5) is 12.3. The average molecular weight is 240 g/mol. The zero-order valence-corrected chi connectivity index (χ0v) is 9.85. The minimum absolute atomic E-state index is 0.253. The number of nitrogens with zero attached hydrogens (tertiary/aromatic N) is 3. The van der Waals surface area contributed by atoms with E-state index in [1.807, 2.05) is 0 Å². The number of nitrogen functional groups attached to an aromatic ring is 1. The van der Waals surface area contributed by atoms with E-state index in [1.165, 1.54) is 23.5 Å². The fourth-order valence-corrected chi connectivity index (χ4v) is 1.96. The Labute approximate surface area is 97.5 Å². The highest BCUT2D eigenvalue weighted by atomic mass is 32.2. The van der Waals surface area contributed by atoms with E-state index in [9.17, 15) is 0 Å². The highest BCUT2D eigenvalue weighted by molar-refractivity contribution is 7.99. The molecule has 0 bridgehead atoms. The predicted molar refractivity (Wildman–Crippen MR) is 66.1 cm³/mol. The maximum absolute atomic E-state index is 5.56. The molecular weight excluding hydrogens is 228 g/mol. The zero-order chi connectivity index (χ0) is 11.1. The number of hydrogen-bond acceptors (Lipinski definition) is 6. The van der Waals surface area contributed by atoms with Crippen molar-refractivity contribution in [1.29, 1.82) is 0 Å². The molecule has 0 atom stereocenters. The van der Waals surface area contributed by atoms with Gasteiger partial charge in [-0.15, -0.1) is 13.2 Å². The Hall–Kier alpha value is -1.01. The summed E-state index contributed by atoms with van der Waals surface area (Å²) in [5.74, 6) is 1.77. The van der Waals surface area contributed by atoms with Gasteiger partial charge in [-0.3, -0.25) is 0 Å². The third-order valence-corrected chi connectivity index (χ3v) is 2.96. The van der Waals surface area contributed by atoms with Crippen LogP contribution in [0.3, 0.4) is 0 Å². The van der Waals surface area contributed by atoms with Gasteiger partial charge in [0.05, 0.1) is 0 Å². The summed E-state index contributed by atoms with van der Waals surface area (Å²) in [6.45, 7) is 7.26. The molecule has 1 rings (SSSR count). The van der Waals surface area contributed by atoms with Crippen LogP contribution in [0.1, 0.15) is 0 Å². The monoisotopic (exact) mass is 240 g/mol. The molecule has 0 spiro atoms. The Morgan fingerprint density at radius 3 is 1.87 bits per heavy atom. The summed E-state index contributed by atoms with van der Waals surface area (Å²) in [7, 11) is 0. The van der Waals surface area contributed by atoms with Crippen LogP contribution in [0.2, 0.25) is 0 Å². The number of thioether (sulfide) groups is 2. The predicted octanol–water partition coefficient (Wildman–Crippen LogP) is 2.01. The van der Waals surface area contributed by atoms with Gasteiger partial charge in [0.2, 0.25) is 5.95 Å². The third kappa shape index (κ3) is 4.35. The first-order chi connectivity index (χ1) is 7.26. The van der Waals surface area contributed by atoms with Crippen molar-refractivity contribution in [1.82, 2.24) is 15.0 Å². The van der Waals surface area contributed by atoms with Gasteiger partial charge in [-0.25, -0.2) is 0 Å². The van der Waals surface area contributed by atoms with Crippen molar-refractivity contribution >= 4 is 29.5 Å². The van der Waals surface area contributed by atoms with Gasteiger partial charge < -0.3 is 5.73 Å². The Morgan fingerprint density at radius 1 is 1.00 bits per heavy atom. The van der Waals surface area contributed by atoms with Crippen molar-refractivity contribution in [2.45, 2.75) is 10.3 Å². The highest BCUT2D eigenvalue weighted by Gasteiger charge is 2.03. The fraction of sp³-hybridized carbons (Fsp3) is 0.222. The molecule has 0 aliphatic heterocycles. The first kappa shape index (κ1) is 12.1. The minimum atomic E-state index is 0.253. The largest absolute Gasteiger partial charge is 0.368 e. The third-order valence-electron chi connectivity index (χ3n) is 1.27. The molecule has 0 unspecified atom stereocenters. The lowest BCUT2D eigenvalue weighted by Gasteiger charge is -2.01. The van der Waals surface area contributed by atoms with Crippen LogP contribution < -0.4 is 5.73 Å². The van der Waals surface area contributed by atoms with E-state index in [1.54, 1.807) is 12.2 Å². The summed E-state index contributed by atoms with van der Waals surface area (Å²) < 4.78 is 0. The zero-order valence-electron chi connectivity index (χ0n) is 8.22. The van der Waals surface area contributed by atoms with Gasteiger partial charge in [-0.05, 0) is 0 Å². The summed E-state index contributed by atoms with van der Waals surface area (Å²) in [6, 6.07) is 0. The van der Waals surface area contributed by atoms with E-state index in [-0.39, 0.29) is 5.95 Å². The molecule has 4 nitrogen and oxygen atoms in total. The minimum Gasteiger partial charge on any atom is -0.368 e. The lowest BCUT2D eigenvalue weighted by Crippen LogP contribution is -2.01. The van der Waals surface area contributed by atoms with Crippen LogP contribution in [0.4, 0.5) is 5.95 Å². The standard InChI is InChI=1S/C9H12N4S2/c1-3-5-14-8-11-7(10)12-9(13-8)15-6-4-2/h3-4H,1-2,5-6H2,(H2,10,11,12,13). The topological polar surface area (TPSA) is 64.7 Å². The molecule has 0 amide bonds. The molecule has 0 aliphatic carbocycles. The molecule has 0 aliphatic rings. The SMILES string of the molecule is C=CCSc1nc(N)nc(SCC=C)n1. The lowest BCUT2D eigenvalue weighted by atomic mass is 10.8. The van der Waals surface area contributed by atoms with Crippen LogP contribution in [0.25, 0.3) is 0 Å². The van der Waals surface area contributed by atoms with Crippen molar-refractivity contribution < 1.29 is 0 Å². The molecule has 2 N–H and O–H groups in total. The van der Waals surface area contributed by atoms with Gasteiger partial charge in [-0.1, -0.05) is 35.7 Å². The van der Waals surface area contributed by atoms with Crippen molar-refractivity contribution in [3.63, 3.8) is 0 Å². The number of hydrogen-bond donors (Lipinski definition) is 1. The number of rotatable bonds is 6. The van der Waals surface area contributed by atoms with Gasteiger partial charge in [-0.2, -0.15) is 15.0 Å². The maximum Gasteiger partial charge on any atom is 0.225 e. The maximum atomic E-state index is 5.56. The molecule has 1 heterocycles. The van der Waals surface area contributed by atoms with E-state index in [0.29, 0.717) is 10.3 Å². The summed E-state index contributed by atoms with van der Waals surface area (Å²) >= 11 is 2.97. The molecule has 0 radical (unpaired) electrons. The van der Waals surface area contributed by atoms with E-state index in [4.69, 9.17) is 5.73 Å². The average Bonchev–Trinajstić information content (AvgIpc) is 2.23. The highest BCUT2D eigenvalue weighted by Crippen LogP contribution is 2.18. The molecule has 1 aromatic rings. The number of aromatic nitrogens is 3. The van der Waals surface area contributed by atoms with Crippen molar-refractivity contribution in [2.24, 2.45) is 0 Å². The van der Waals surface area contributed by atoms with Crippen LogP contribution >= 0.6 is 23.5 Å². The second kappa shape index (κ2) is 6.47. The van der Waals surface area contributed by atoms with Gasteiger partial charge in [0, 0.05) is 11.5 Å². The summed E-state index contributed by atoms with van der Waals surface area (Å²) in [5, 5.41) is 1.27. The lowest BCUT2D eigenvalue weighted by molar-refractivity contribution is 0.814. The molecule has 0 aromatic carbocycles. The molecule has 6 heteroatoms.